The van der Waals surface area contributed by atoms with Gasteiger partial charge in [0.1, 0.15) is 0 Å². The van der Waals surface area contributed by atoms with E-state index in [2.05, 4.69) is 10.3 Å². The number of carbonyl (C=O) groups is 1. The summed E-state index contributed by atoms with van der Waals surface area (Å²) >= 11 is 0. The molecule has 0 amide bonds. The van der Waals surface area contributed by atoms with Crippen LogP contribution in [0.5, 0.6) is 0 Å². The van der Waals surface area contributed by atoms with E-state index in [1.807, 2.05) is 25.3 Å². The number of carboxylic acid groups (broad SMARTS) is 1. The molecule has 2 rings (SSSR count). The van der Waals surface area contributed by atoms with Gasteiger partial charge >= 0.3 is 5.97 Å². The molecule has 1 unspecified atom stereocenters. The molecule has 2 aromatic rings. The van der Waals surface area contributed by atoms with E-state index >= 15 is 0 Å². The fourth-order valence-corrected chi connectivity index (χ4v) is 1.51. The molecule has 0 aromatic carbocycles. The second kappa shape index (κ2) is 3.68. The van der Waals surface area contributed by atoms with E-state index in [1.54, 1.807) is 10.7 Å². The van der Waals surface area contributed by atoms with Crippen molar-refractivity contribution in [2.24, 2.45) is 0 Å². The van der Waals surface area contributed by atoms with Crippen molar-refractivity contribution in [1.29, 1.82) is 0 Å². The predicted octanol–water partition coefficient (Wildman–Crippen LogP) is 1.31. The van der Waals surface area contributed by atoms with Crippen molar-refractivity contribution in [2.45, 2.75) is 19.3 Å². The Morgan fingerprint density at radius 3 is 3.13 bits per heavy atom. The highest BCUT2D eigenvalue weighted by Gasteiger charge is 2.10. The van der Waals surface area contributed by atoms with Crippen LogP contribution in [0.25, 0.3) is 5.52 Å². The van der Waals surface area contributed by atoms with E-state index in [0.29, 0.717) is 0 Å². The Labute approximate surface area is 86.3 Å². The molecule has 0 aliphatic rings. The van der Waals surface area contributed by atoms with Gasteiger partial charge in [-0.25, -0.2) is 4.52 Å². The Morgan fingerprint density at radius 2 is 2.40 bits per heavy atom. The summed E-state index contributed by atoms with van der Waals surface area (Å²) in [5.41, 5.74) is 1.86. The average Bonchev–Trinajstić information content (AvgIpc) is 2.62. The zero-order valence-corrected chi connectivity index (χ0v) is 8.29. The molecule has 2 aromatic heterocycles. The third kappa shape index (κ3) is 1.96. The number of aliphatic carboxylic acids is 1. The summed E-state index contributed by atoms with van der Waals surface area (Å²) in [6.45, 7) is 1.88. The minimum absolute atomic E-state index is 0.0175. The molecular formula is C10H11N3O2. The largest absolute Gasteiger partial charge is 0.481 e. The summed E-state index contributed by atoms with van der Waals surface area (Å²) in [5.74, 6) is -0.808. The second-order valence-electron chi connectivity index (χ2n) is 3.56. The number of hydrogen-bond donors (Lipinski definition) is 1. The molecule has 0 bridgehead atoms. The number of hydrogen-bond acceptors (Lipinski definition) is 3. The molecule has 0 aliphatic carbocycles. The average molecular weight is 205 g/mol. The molecule has 78 valence electrons. The van der Waals surface area contributed by atoms with Crippen molar-refractivity contribution >= 4 is 11.5 Å². The molecule has 1 N–H and O–H groups in total. The third-order valence-corrected chi connectivity index (χ3v) is 2.37. The zero-order chi connectivity index (χ0) is 10.8. The van der Waals surface area contributed by atoms with Crippen LogP contribution in [0.4, 0.5) is 0 Å². The molecule has 0 saturated carbocycles. The summed E-state index contributed by atoms with van der Waals surface area (Å²) in [7, 11) is 0. The fraction of sp³-hybridized carbons (Fsp3) is 0.300. The maximum absolute atomic E-state index is 10.6. The van der Waals surface area contributed by atoms with E-state index < -0.39 is 5.97 Å². The maximum Gasteiger partial charge on any atom is 0.303 e. The van der Waals surface area contributed by atoms with Crippen molar-refractivity contribution < 1.29 is 9.90 Å². The van der Waals surface area contributed by atoms with Crippen LogP contribution in [-0.4, -0.2) is 25.9 Å². The fourth-order valence-electron chi connectivity index (χ4n) is 1.51. The Morgan fingerprint density at radius 1 is 1.60 bits per heavy atom. The number of fused-ring (bicyclic) bond motifs is 1. The molecule has 5 heteroatoms. The molecule has 5 nitrogen and oxygen atoms in total. The number of carboxylic acids is 1. The van der Waals surface area contributed by atoms with E-state index in [0.717, 1.165) is 11.1 Å². The Balaban J connectivity index is 2.30. The molecule has 2 heterocycles. The van der Waals surface area contributed by atoms with E-state index in [9.17, 15) is 4.79 Å². The van der Waals surface area contributed by atoms with Crippen molar-refractivity contribution in [3.05, 3.63) is 30.1 Å². The lowest BCUT2D eigenvalue weighted by Crippen LogP contribution is -2.04. The number of nitrogens with zero attached hydrogens (tertiary/aromatic N) is 3. The summed E-state index contributed by atoms with van der Waals surface area (Å²) in [6.07, 6.45) is 3.60. The summed E-state index contributed by atoms with van der Waals surface area (Å²) in [4.78, 5) is 10.6. The van der Waals surface area contributed by atoms with Gasteiger partial charge in [-0.1, -0.05) is 18.2 Å². The number of aromatic nitrogens is 3. The first-order chi connectivity index (χ1) is 7.16. The van der Waals surface area contributed by atoms with Gasteiger partial charge < -0.3 is 5.11 Å². The molecule has 0 saturated heterocycles. The van der Waals surface area contributed by atoms with Crippen LogP contribution >= 0.6 is 0 Å². The molecule has 0 fully saturated rings. The van der Waals surface area contributed by atoms with Gasteiger partial charge in [-0.05, 0) is 17.5 Å². The van der Waals surface area contributed by atoms with Gasteiger partial charge in [0.05, 0.1) is 18.1 Å². The van der Waals surface area contributed by atoms with Crippen LogP contribution in [0.1, 0.15) is 24.8 Å². The summed E-state index contributed by atoms with van der Waals surface area (Å²) in [5, 5.41) is 16.3. The van der Waals surface area contributed by atoms with Crippen LogP contribution < -0.4 is 0 Å². The second-order valence-corrected chi connectivity index (χ2v) is 3.56. The minimum Gasteiger partial charge on any atom is -0.481 e. The van der Waals surface area contributed by atoms with Gasteiger partial charge in [-0.3, -0.25) is 4.79 Å². The Bertz CT molecular complexity index is 492. The molecule has 1 atom stereocenters. The highest BCUT2D eigenvalue weighted by Crippen LogP contribution is 2.18. The lowest BCUT2D eigenvalue weighted by Gasteiger charge is -2.08. The number of rotatable bonds is 3. The smallest absolute Gasteiger partial charge is 0.303 e. The van der Waals surface area contributed by atoms with E-state index in [1.165, 1.54) is 0 Å². The van der Waals surface area contributed by atoms with Crippen molar-refractivity contribution in [3.8, 4) is 0 Å². The van der Waals surface area contributed by atoms with Gasteiger partial charge in [0.2, 0.25) is 0 Å². The van der Waals surface area contributed by atoms with E-state index in [-0.39, 0.29) is 12.3 Å². The van der Waals surface area contributed by atoms with Crippen molar-refractivity contribution in [1.82, 2.24) is 14.8 Å². The first-order valence-corrected chi connectivity index (χ1v) is 4.68. The standard InChI is InChI=1S/C10H11N3O2/c1-7(4-10(14)15)8-2-3-9-5-11-12-13(9)6-8/h2-3,5-7H,4H2,1H3,(H,14,15). The quantitative estimate of drug-likeness (QED) is 0.820. The van der Waals surface area contributed by atoms with Gasteiger partial charge in [0, 0.05) is 6.20 Å². The topological polar surface area (TPSA) is 67.5 Å². The van der Waals surface area contributed by atoms with E-state index in [4.69, 9.17) is 5.11 Å². The van der Waals surface area contributed by atoms with Gasteiger partial charge in [-0.2, -0.15) is 0 Å². The molecule has 15 heavy (non-hydrogen) atoms. The van der Waals surface area contributed by atoms with Gasteiger partial charge in [-0.15, -0.1) is 5.10 Å². The lowest BCUT2D eigenvalue weighted by molar-refractivity contribution is -0.137. The first-order valence-electron chi connectivity index (χ1n) is 4.68. The third-order valence-electron chi connectivity index (χ3n) is 2.37. The number of pyridine rings is 1. The minimum atomic E-state index is -0.791. The lowest BCUT2D eigenvalue weighted by atomic mass is 10.00. The normalized spacial score (nSPS) is 12.9. The summed E-state index contributed by atoms with van der Waals surface area (Å²) < 4.78 is 1.65. The van der Waals surface area contributed by atoms with Crippen LogP contribution in [0.3, 0.4) is 0 Å². The zero-order valence-electron chi connectivity index (χ0n) is 8.29. The molecule has 0 radical (unpaired) electrons. The Hall–Kier alpha value is -1.91. The predicted molar refractivity (Wildman–Crippen MR) is 53.7 cm³/mol. The van der Waals surface area contributed by atoms with Crippen molar-refractivity contribution in [3.63, 3.8) is 0 Å². The van der Waals surface area contributed by atoms with Gasteiger partial charge in [0.25, 0.3) is 0 Å². The Kier molecular flexibility index (Phi) is 2.37. The van der Waals surface area contributed by atoms with Gasteiger partial charge in [0.15, 0.2) is 0 Å². The molecular weight excluding hydrogens is 194 g/mol. The monoisotopic (exact) mass is 205 g/mol. The highest BCUT2D eigenvalue weighted by molar-refractivity contribution is 5.68. The van der Waals surface area contributed by atoms with Crippen LogP contribution in [0.2, 0.25) is 0 Å². The molecule has 0 aliphatic heterocycles. The first kappa shape index (κ1) is 9.64. The maximum atomic E-state index is 10.6. The van der Waals surface area contributed by atoms with Crippen molar-refractivity contribution in [2.75, 3.05) is 0 Å². The molecule has 0 spiro atoms. The highest BCUT2D eigenvalue weighted by atomic mass is 16.4. The SMILES string of the molecule is CC(CC(=O)O)c1ccc2cnnn2c1. The van der Waals surface area contributed by atoms with Crippen LogP contribution in [0.15, 0.2) is 24.5 Å². The van der Waals surface area contributed by atoms with Crippen LogP contribution in [-0.2, 0) is 4.79 Å². The van der Waals surface area contributed by atoms with Crippen LogP contribution in [0, 0.1) is 0 Å². The summed E-state index contributed by atoms with van der Waals surface area (Å²) in [6, 6.07) is 3.79.